The zero-order valence-electron chi connectivity index (χ0n) is 8.31. The summed E-state index contributed by atoms with van der Waals surface area (Å²) >= 11 is 4.40. The molecule has 1 aromatic rings. The molecule has 16 heavy (non-hydrogen) atoms. The number of rotatable bonds is 3. The second-order valence-electron chi connectivity index (χ2n) is 2.81. The fourth-order valence-corrected chi connectivity index (χ4v) is 1.76. The third kappa shape index (κ3) is 4.54. The van der Waals surface area contributed by atoms with Crippen LogP contribution in [0.4, 0.5) is 5.69 Å². The summed E-state index contributed by atoms with van der Waals surface area (Å²) in [4.78, 5) is 11.4. The SMILES string of the molecule is NN=C(N)SCC(=O)Nc1cccc(Br)c1. The second kappa shape index (κ2) is 6.39. The third-order valence-corrected chi connectivity index (χ3v) is 2.89. The molecular weight excluding hydrogens is 292 g/mol. The minimum atomic E-state index is -0.158. The van der Waals surface area contributed by atoms with Crippen LogP contribution in [0.5, 0.6) is 0 Å². The number of amides is 1. The van der Waals surface area contributed by atoms with E-state index in [-0.39, 0.29) is 16.8 Å². The summed E-state index contributed by atoms with van der Waals surface area (Å²) in [6.07, 6.45) is 0. The Bertz CT molecular complexity index is 410. The van der Waals surface area contributed by atoms with Crippen molar-refractivity contribution in [2.24, 2.45) is 16.7 Å². The topological polar surface area (TPSA) is 93.5 Å². The maximum Gasteiger partial charge on any atom is 0.234 e. The van der Waals surface area contributed by atoms with Gasteiger partial charge in [-0.05, 0) is 18.2 Å². The minimum absolute atomic E-state index is 0.158. The van der Waals surface area contributed by atoms with Crippen molar-refractivity contribution in [1.29, 1.82) is 0 Å². The largest absolute Gasteiger partial charge is 0.377 e. The molecule has 0 aromatic heterocycles. The molecule has 0 heterocycles. The predicted molar refractivity (Wildman–Crippen MR) is 71.0 cm³/mol. The van der Waals surface area contributed by atoms with Gasteiger partial charge in [0.25, 0.3) is 0 Å². The second-order valence-corrected chi connectivity index (χ2v) is 4.73. The van der Waals surface area contributed by atoms with Crippen LogP contribution >= 0.6 is 27.7 Å². The number of halogens is 1. The van der Waals surface area contributed by atoms with E-state index in [0.29, 0.717) is 0 Å². The zero-order valence-corrected chi connectivity index (χ0v) is 10.7. The van der Waals surface area contributed by atoms with Crippen LogP contribution in [0.1, 0.15) is 0 Å². The zero-order chi connectivity index (χ0) is 12.0. The molecule has 0 spiro atoms. The molecule has 0 radical (unpaired) electrons. The van der Waals surface area contributed by atoms with E-state index in [4.69, 9.17) is 11.6 Å². The molecule has 5 N–H and O–H groups in total. The molecule has 0 aliphatic carbocycles. The van der Waals surface area contributed by atoms with Gasteiger partial charge in [0, 0.05) is 10.2 Å². The van der Waals surface area contributed by atoms with Crippen molar-refractivity contribution in [2.75, 3.05) is 11.1 Å². The van der Waals surface area contributed by atoms with Gasteiger partial charge >= 0.3 is 0 Å². The van der Waals surface area contributed by atoms with E-state index in [9.17, 15) is 4.79 Å². The number of amidine groups is 1. The molecule has 0 bridgehead atoms. The van der Waals surface area contributed by atoms with Crippen LogP contribution in [0.15, 0.2) is 33.8 Å². The van der Waals surface area contributed by atoms with Gasteiger partial charge < -0.3 is 16.9 Å². The van der Waals surface area contributed by atoms with Crippen LogP contribution in [-0.4, -0.2) is 16.8 Å². The number of carbonyl (C=O) groups excluding carboxylic acids is 1. The molecule has 0 saturated carbocycles. The summed E-state index contributed by atoms with van der Waals surface area (Å²) < 4.78 is 0.904. The van der Waals surface area contributed by atoms with Gasteiger partial charge in [-0.25, -0.2) is 0 Å². The van der Waals surface area contributed by atoms with Gasteiger partial charge in [0.15, 0.2) is 5.17 Å². The Morgan fingerprint density at radius 2 is 2.31 bits per heavy atom. The van der Waals surface area contributed by atoms with Crippen LogP contribution in [0.3, 0.4) is 0 Å². The van der Waals surface area contributed by atoms with E-state index >= 15 is 0 Å². The Balaban J connectivity index is 2.46. The van der Waals surface area contributed by atoms with Gasteiger partial charge in [0.2, 0.25) is 5.91 Å². The van der Waals surface area contributed by atoms with E-state index < -0.39 is 0 Å². The molecule has 0 atom stereocenters. The molecule has 5 nitrogen and oxygen atoms in total. The summed E-state index contributed by atoms with van der Waals surface area (Å²) in [6, 6.07) is 7.32. The quantitative estimate of drug-likeness (QED) is 0.340. The van der Waals surface area contributed by atoms with Gasteiger partial charge in [-0.3, -0.25) is 4.79 Å². The van der Waals surface area contributed by atoms with Gasteiger partial charge in [-0.15, -0.1) is 0 Å². The van der Waals surface area contributed by atoms with Crippen LogP contribution in [-0.2, 0) is 4.79 Å². The summed E-state index contributed by atoms with van der Waals surface area (Å²) in [5.74, 6) is 4.96. The Morgan fingerprint density at radius 1 is 1.56 bits per heavy atom. The van der Waals surface area contributed by atoms with Crippen molar-refractivity contribution in [2.45, 2.75) is 0 Å². The third-order valence-electron chi connectivity index (χ3n) is 1.59. The van der Waals surface area contributed by atoms with E-state index in [0.717, 1.165) is 21.9 Å². The Kier molecular flexibility index (Phi) is 5.13. The van der Waals surface area contributed by atoms with Crippen molar-refractivity contribution in [3.8, 4) is 0 Å². The maximum absolute atomic E-state index is 11.4. The Hall–Kier alpha value is -1.21. The van der Waals surface area contributed by atoms with E-state index in [1.807, 2.05) is 18.2 Å². The van der Waals surface area contributed by atoms with Crippen molar-refractivity contribution in [3.05, 3.63) is 28.7 Å². The highest BCUT2D eigenvalue weighted by Crippen LogP contribution is 2.15. The Labute approximate surface area is 106 Å². The van der Waals surface area contributed by atoms with Crippen LogP contribution < -0.4 is 16.9 Å². The lowest BCUT2D eigenvalue weighted by atomic mass is 10.3. The van der Waals surface area contributed by atoms with Gasteiger partial charge in [0.1, 0.15) is 0 Å². The van der Waals surface area contributed by atoms with Gasteiger partial charge in [-0.1, -0.05) is 33.8 Å². The number of benzene rings is 1. The number of nitrogens with one attached hydrogen (secondary N) is 1. The van der Waals surface area contributed by atoms with E-state index in [2.05, 4.69) is 26.3 Å². The fraction of sp³-hybridized carbons (Fsp3) is 0.111. The lowest BCUT2D eigenvalue weighted by molar-refractivity contribution is -0.113. The van der Waals surface area contributed by atoms with Crippen molar-refractivity contribution in [1.82, 2.24) is 0 Å². The van der Waals surface area contributed by atoms with Gasteiger partial charge in [0.05, 0.1) is 5.75 Å². The average molecular weight is 303 g/mol. The molecule has 0 aliphatic rings. The monoisotopic (exact) mass is 302 g/mol. The lowest BCUT2D eigenvalue weighted by Gasteiger charge is -2.04. The first-order chi connectivity index (χ1) is 7.61. The smallest absolute Gasteiger partial charge is 0.234 e. The Morgan fingerprint density at radius 3 is 2.94 bits per heavy atom. The van der Waals surface area contributed by atoms with Crippen LogP contribution in [0, 0.1) is 0 Å². The maximum atomic E-state index is 11.4. The number of thioether (sulfide) groups is 1. The van der Waals surface area contributed by atoms with E-state index in [1.165, 1.54) is 0 Å². The first-order valence-electron chi connectivity index (χ1n) is 4.33. The number of hydrazone groups is 1. The molecule has 1 rings (SSSR count). The molecule has 86 valence electrons. The van der Waals surface area contributed by atoms with Crippen molar-refractivity contribution in [3.63, 3.8) is 0 Å². The molecular formula is C9H11BrN4OS. The number of carbonyl (C=O) groups is 1. The fourth-order valence-electron chi connectivity index (χ4n) is 0.940. The number of hydrogen-bond acceptors (Lipinski definition) is 4. The highest BCUT2D eigenvalue weighted by Gasteiger charge is 2.04. The minimum Gasteiger partial charge on any atom is -0.377 e. The standard InChI is InChI=1S/C9H11BrN4OS/c10-6-2-1-3-7(4-6)13-8(15)5-16-9(11)14-12/h1-4H,5,12H2,(H2,11,14)(H,13,15). The summed E-state index contributed by atoms with van der Waals surface area (Å²) in [5.41, 5.74) is 6.06. The predicted octanol–water partition coefficient (Wildman–Crippen LogP) is 1.31. The molecule has 1 aromatic carbocycles. The number of hydrogen-bond donors (Lipinski definition) is 3. The van der Waals surface area contributed by atoms with Gasteiger partial charge in [-0.2, -0.15) is 5.10 Å². The molecule has 0 aliphatic heterocycles. The summed E-state index contributed by atoms with van der Waals surface area (Å²) in [7, 11) is 0. The molecule has 0 fully saturated rings. The van der Waals surface area contributed by atoms with Crippen molar-refractivity contribution < 1.29 is 4.79 Å². The summed E-state index contributed by atoms with van der Waals surface area (Å²) in [5, 5.41) is 6.16. The van der Waals surface area contributed by atoms with E-state index in [1.54, 1.807) is 6.07 Å². The normalized spacial score (nSPS) is 11.2. The summed E-state index contributed by atoms with van der Waals surface area (Å²) in [6.45, 7) is 0. The number of anilines is 1. The highest BCUT2D eigenvalue weighted by molar-refractivity contribution is 9.10. The molecule has 0 saturated heterocycles. The number of nitrogens with zero attached hydrogens (tertiary/aromatic N) is 1. The molecule has 0 unspecified atom stereocenters. The number of nitrogens with two attached hydrogens (primary N) is 2. The molecule has 7 heteroatoms. The first kappa shape index (κ1) is 12.9. The van der Waals surface area contributed by atoms with Crippen molar-refractivity contribution >= 4 is 44.5 Å². The highest BCUT2D eigenvalue weighted by atomic mass is 79.9. The molecule has 1 amide bonds. The van der Waals surface area contributed by atoms with Crippen LogP contribution in [0.2, 0.25) is 0 Å². The van der Waals surface area contributed by atoms with Crippen LogP contribution in [0.25, 0.3) is 0 Å². The average Bonchev–Trinajstić information content (AvgIpc) is 2.26. The first-order valence-corrected chi connectivity index (χ1v) is 6.11. The lowest BCUT2D eigenvalue weighted by Crippen LogP contribution is -2.18.